The molecule has 3 nitrogen and oxygen atoms in total. The van der Waals surface area contributed by atoms with Crippen LogP contribution in [0.25, 0.3) is 11.0 Å². The Balaban J connectivity index is 2.56. The van der Waals surface area contributed by atoms with Crippen molar-refractivity contribution in [3.05, 3.63) is 35.8 Å². The predicted octanol–water partition coefficient (Wildman–Crippen LogP) is 2.76. The van der Waals surface area contributed by atoms with E-state index < -0.39 is 17.7 Å². The van der Waals surface area contributed by atoms with Gasteiger partial charge < -0.3 is 9.52 Å². The van der Waals surface area contributed by atoms with Gasteiger partial charge in [-0.05, 0) is 25.1 Å². The molecule has 1 atom stereocenters. The summed E-state index contributed by atoms with van der Waals surface area (Å²) in [7, 11) is 0. The lowest BCUT2D eigenvalue weighted by atomic mass is 10.1. The quantitative estimate of drug-likeness (QED) is 0.825. The molecule has 2 rings (SSSR count). The number of carbonyl (C=O) groups is 1. The number of rotatable bonds is 2. The van der Waals surface area contributed by atoms with E-state index in [4.69, 9.17) is 9.52 Å². The first kappa shape index (κ1) is 9.71. The number of hydrogen-bond donors (Lipinski definition) is 1. The van der Waals surface area contributed by atoms with Gasteiger partial charge in [0.05, 0.1) is 5.39 Å². The van der Waals surface area contributed by atoms with Gasteiger partial charge in [0, 0.05) is 0 Å². The molecular formula is C11H9FO3. The average molecular weight is 208 g/mol. The van der Waals surface area contributed by atoms with Crippen LogP contribution in [-0.2, 0) is 4.79 Å². The highest BCUT2D eigenvalue weighted by atomic mass is 19.1. The Morgan fingerprint density at radius 2 is 2.27 bits per heavy atom. The lowest BCUT2D eigenvalue weighted by Crippen LogP contribution is -2.05. The van der Waals surface area contributed by atoms with Crippen LogP contribution in [-0.4, -0.2) is 11.1 Å². The Kier molecular flexibility index (Phi) is 2.19. The van der Waals surface area contributed by atoms with Crippen molar-refractivity contribution in [3.63, 3.8) is 0 Å². The molecule has 0 saturated heterocycles. The summed E-state index contributed by atoms with van der Waals surface area (Å²) in [4.78, 5) is 10.7. The number of aliphatic carboxylic acids is 1. The van der Waals surface area contributed by atoms with E-state index in [-0.39, 0.29) is 5.76 Å². The van der Waals surface area contributed by atoms with Crippen LogP contribution in [0.2, 0.25) is 0 Å². The van der Waals surface area contributed by atoms with E-state index in [0.29, 0.717) is 11.0 Å². The van der Waals surface area contributed by atoms with Gasteiger partial charge in [0.25, 0.3) is 0 Å². The maximum Gasteiger partial charge on any atom is 0.313 e. The number of hydrogen-bond acceptors (Lipinski definition) is 2. The standard InChI is InChI=1S/C11H9FO3/c1-6(11(13)14)10-5-7-8(12)3-2-4-9(7)15-10/h2-6H,1H3,(H,13,14). The van der Waals surface area contributed by atoms with Gasteiger partial charge in [-0.15, -0.1) is 0 Å². The third-order valence-electron chi connectivity index (χ3n) is 2.32. The molecule has 0 radical (unpaired) electrons. The number of benzene rings is 1. The van der Waals surface area contributed by atoms with E-state index in [1.807, 2.05) is 0 Å². The van der Waals surface area contributed by atoms with E-state index in [1.54, 1.807) is 6.07 Å². The smallest absolute Gasteiger partial charge is 0.313 e. The van der Waals surface area contributed by atoms with Crippen LogP contribution in [0.1, 0.15) is 18.6 Å². The van der Waals surface area contributed by atoms with Crippen molar-refractivity contribution in [2.75, 3.05) is 0 Å². The fraction of sp³-hybridized carbons (Fsp3) is 0.182. The zero-order chi connectivity index (χ0) is 11.0. The SMILES string of the molecule is CC(C(=O)O)c1cc2c(F)cccc2o1. The highest BCUT2D eigenvalue weighted by molar-refractivity contribution is 5.81. The number of carboxylic acids is 1. The van der Waals surface area contributed by atoms with Crippen LogP contribution < -0.4 is 0 Å². The maximum atomic E-state index is 13.3. The Morgan fingerprint density at radius 1 is 1.53 bits per heavy atom. The highest BCUT2D eigenvalue weighted by Crippen LogP contribution is 2.26. The maximum absolute atomic E-state index is 13.3. The summed E-state index contributed by atoms with van der Waals surface area (Å²) in [6.45, 7) is 1.50. The summed E-state index contributed by atoms with van der Waals surface area (Å²) < 4.78 is 18.5. The molecule has 0 amide bonds. The minimum Gasteiger partial charge on any atom is -0.481 e. The zero-order valence-corrected chi connectivity index (χ0v) is 8.03. The monoisotopic (exact) mass is 208 g/mol. The van der Waals surface area contributed by atoms with Crippen LogP contribution >= 0.6 is 0 Å². The molecular weight excluding hydrogens is 199 g/mol. The Bertz CT molecular complexity index is 516. The molecule has 0 aliphatic heterocycles. The first-order valence-electron chi connectivity index (χ1n) is 4.50. The molecule has 1 N–H and O–H groups in total. The van der Waals surface area contributed by atoms with Crippen LogP contribution in [0.4, 0.5) is 4.39 Å². The van der Waals surface area contributed by atoms with Gasteiger partial charge in [0.2, 0.25) is 0 Å². The van der Waals surface area contributed by atoms with E-state index in [2.05, 4.69) is 0 Å². The van der Waals surface area contributed by atoms with Crippen LogP contribution in [0.5, 0.6) is 0 Å². The van der Waals surface area contributed by atoms with Gasteiger partial charge in [-0.3, -0.25) is 4.79 Å². The van der Waals surface area contributed by atoms with Crippen molar-refractivity contribution in [2.24, 2.45) is 0 Å². The first-order chi connectivity index (χ1) is 7.09. The number of halogens is 1. The Morgan fingerprint density at radius 3 is 2.87 bits per heavy atom. The number of fused-ring (bicyclic) bond motifs is 1. The van der Waals surface area contributed by atoms with Gasteiger partial charge in [0.15, 0.2) is 0 Å². The van der Waals surface area contributed by atoms with E-state index in [1.165, 1.54) is 25.1 Å². The fourth-order valence-electron chi connectivity index (χ4n) is 1.38. The van der Waals surface area contributed by atoms with Crippen molar-refractivity contribution < 1.29 is 18.7 Å². The number of furan rings is 1. The van der Waals surface area contributed by atoms with Crippen molar-refractivity contribution >= 4 is 16.9 Å². The van der Waals surface area contributed by atoms with Gasteiger partial charge in [-0.25, -0.2) is 4.39 Å². The Hall–Kier alpha value is -1.84. The van der Waals surface area contributed by atoms with Crippen molar-refractivity contribution in [2.45, 2.75) is 12.8 Å². The largest absolute Gasteiger partial charge is 0.481 e. The lowest BCUT2D eigenvalue weighted by molar-refractivity contribution is -0.138. The molecule has 78 valence electrons. The highest BCUT2D eigenvalue weighted by Gasteiger charge is 2.19. The van der Waals surface area contributed by atoms with Crippen molar-refractivity contribution in [3.8, 4) is 0 Å². The summed E-state index contributed by atoms with van der Waals surface area (Å²) >= 11 is 0. The molecule has 1 unspecified atom stereocenters. The van der Waals surface area contributed by atoms with Gasteiger partial charge >= 0.3 is 5.97 Å². The average Bonchev–Trinajstić information content (AvgIpc) is 2.61. The summed E-state index contributed by atoms with van der Waals surface area (Å²) in [6, 6.07) is 5.88. The summed E-state index contributed by atoms with van der Waals surface area (Å²) in [6.07, 6.45) is 0. The zero-order valence-electron chi connectivity index (χ0n) is 8.03. The second-order valence-electron chi connectivity index (χ2n) is 3.36. The minimum absolute atomic E-state index is 0.266. The van der Waals surface area contributed by atoms with Crippen LogP contribution in [0.15, 0.2) is 28.7 Å². The second kappa shape index (κ2) is 3.38. The molecule has 1 heterocycles. The normalized spacial score (nSPS) is 12.9. The Labute approximate surface area is 85.1 Å². The molecule has 0 aliphatic rings. The second-order valence-corrected chi connectivity index (χ2v) is 3.36. The predicted molar refractivity (Wildman–Crippen MR) is 52.2 cm³/mol. The fourth-order valence-corrected chi connectivity index (χ4v) is 1.38. The van der Waals surface area contributed by atoms with Gasteiger partial charge in [0.1, 0.15) is 23.1 Å². The van der Waals surface area contributed by atoms with Crippen LogP contribution in [0.3, 0.4) is 0 Å². The van der Waals surface area contributed by atoms with E-state index in [9.17, 15) is 9.18 Å². The summed E-state index contributed by atoms with van der Waals surface area (Å²) in [5.74, 6) is -1.89. The van der Waals surface area contributed by atoms with Gasteiger partial charge in [-0.2, -0.15) is 0 Å². The van der Waals surface area contributed by atoms with Gasteiger partial charge in [-0.1, -0.05) is 6.07 Å². The third-order valence-corrected chi connectivity index (χ3v) is 2.32. The molecule has 0 spiro atoms. The number of carboxylic acid groups (broad SMARTS) is 1. The molecule has 0 saturated carbocycles. The first-order valence-corrected chi connectivity index (χ1v) is 4.50. The molecule has 2 aromatic rings. The lowest BCUT2D eigenvalue weighted by Gasteiger charge is -1.99. The molecule has 0 fully saturated rings. The molecule has 0 bridgehead atoms. The van der Waals surface area contributed by atoms with Crippen molar-refractivity contribution in [1.29, 1.82) is 0 Å². The summed E-state index contributed by atoms with van der Waals surface area (Å²) in [5, 5.41) is 9.10. The van der Waals surface area contributed by atoms with E-state index in [0.717, 1.165) is 0 Å². The third kappa shape index (κ3) is 1.58. The van der Waals surface area contributed by atoms with Crippen molar-refractivity contribution in [1.82, 2.24) is 0 Å². The molecule has 15 heavy (non-hydrogen) atoms. The molecule has 0 aliphatic carbocycles. The van der Waals surface area contributed by atoms with Crippen LogP contribution in [0, 0.1) is 5.82 Å². The summed E-state index contributed by atoms with van der Waals surface area (Å²) in [5.41, 5.74) is 0.373. The molecule has 4 heteroatoms. The van der Waals surface area contributed by atoms with E-state index >= 15 is 0 Å². The molecule has 1 aromatic heterocycles. The minimum atomic E-state index is -0.991. The molecule has 1 aromatic carbocycles. The topological polar surface area (TPSA) is 50.4 Å².